The summed E-state index contributed by atoms with van der Waals surface area (Å²) in [4.78, 5) is 11.3. The molecule has 0 spiro atoms. The quantitative estimate of drug-likeness (QED) is 0.872. The van der Waals surface area contributed by atoms with E-state index in [-0.39, 0.29) is 6.10 Å². The highest BCUT2D eigenvalue weighted by molar-refractivity contribution is 7.09. The lowest BCUT2D eigenvalue weighted by molar-refractivity contribution is -0.00944. The van der Waals surface area contributed by atoms with Crippen LogP contribution in [0.1, 0.15) is 35.2 Å². The molecule has 0 saturated carbocycles. The fourth-order valence-corrected chi connectivity index (χ4v) is 4.41. The smallest absolute Gasteiger partial charge is 0.122 e. The maximum absolute atomic E-state index is 6.32. The Morgan fingerprint density at radius 2 is 2.41 bits per heavy atom. The van der Waals surface area contributed by atoms with Gasteiger partial charge < -0.3 is 4.74 Å². The summed E-state index contributed by atoms with van der Waals surface area (Å²) in [7, 11) is 0. The van der Waals surface area contributed by atoms with Gasteiger partial charge in [-0.15, -0.1) is 11.3 Å². The molecule has 0 radical (unpaired) electrons. The Hall–Kier alpha value is -1.30. The number of ether oxygens (including phenoxy) is 1. The third-order valence-electron chi connectivity index (χ3n) is 4.68. The fourth-order valence-electron chi connectivity index (χ4n) is 3.57. The van der Waals surface area contributed by atoms with Crippen LogP contribution < -0.4 is 0 Å². The van der Waals surface area contributed by atoms with Crippen molar-refractivity contribution in [1.29, 1.82) is 0 Å². The number of rotatable bonds is 3. The molecule has 4 nitrogen and oxygen atoms in total. The maximum atomic E-state index is 6.32. The van der Waals surface area contributed by atoms with E-state index in [1.807, 2.05) is 18.5 Å². The Bertz CT molecular complexity index is 630. The third kappa shape index (κ3) is 2.93. The molecule has 0 bridgehead atoms. The van der Waals surface area contributed by atoms with Crippen LogP contribution in [0.4, 0.5) is 0 Å². The van der Waals surface area contributed by atoms with Crippen molar-refractivity contribution in [2.24, 2.45) is 5.92 Å². The average Bonchev–Trinajstić information content (AvgIpc) is 3.14. The van der Waals surface area contributed by atoms with Gasteiger partial charge in [0.1, 0.15) is 11.1 Å². The number of likely N-dealkylation sites (tertiary alicyclic amines) is 1. The minimum Gasteiger partial charge on any atom is -0.366 e. The van der Waals surface area contributed by atoms with Crippen LogP contribution in [-0.2, 0) is 11.3 Å². The van der Waals surface area contributed by atoms with Gasteiger partial charge in [-0.1, -0.05) is 6.07 Å². The van der Waals surface area contributed by atoms with Crippen molar-refractivity contribution >= 4 is 11.3 Å². The van der Waals surface area contributed by atoms with Gasteiger partial charge in [-0.25, -0.2) is 4.98 Å². The summed E-state index contributed by atoms with van der Waals surface area (Å²) in [6.45, 7) is 5.21. The van der Waals surface area contributed by atoms with E-state index in [2.05, 4.69) is 33.2 Å². The zero-order chi connectivity index (χ0) is 14.9. The molecule has 5 heteroatoms. The second-order valence-electron chi connectivity index (χ2n) is 6.37. The molecular formula is C17H21N3OS. The van der Waals surface area contributed by atoms with E-state index in [4.69, 9.17) is 4.74 Å². The maximum Gasteiger partial charge on any atom is 0.122 e. The topological polar surface area (TPSA) is 38.2 Å². The molecule has 2 fully saturated rings. The van der Waals surface area contributed by atoms with Crippen molar-refractivity contribution < 1.29 is 4.74 Å². The standard InChI is InChI=1S/C17H21N3OS/c1-12-11-22-17(19-12)15-7-14-4-6-20(10-16(14)21-15)9-13-3-2-5-18-8-13/h2-3,5,8,11,14-16H,4,6-7,9-10H2,1H3/t14-,15+,16+/m1/s1. The van der Waals surface area contributed by atoms with Gasteiger partial charge in [0.2, 0.25) is 0 Å². The largest absolute Gasteiger partial charge is 0.366 e. The normalized spacial score (nSPS) is 28.7. The molecule has 3 atom stereocenters. The number of fused-ring (bicyclic) bond motifs is 1. The first kappa shape index (κ1) is 14.3. The molecule has 4 rings (SSSR count). The molecule has 2 saturated heterocycles. The molecule has 0 aromatic carbocycles. The molecule has 4 heterocycles. The third-order valence-corrected chi connectivity index (χ3v) is 5.73. The van der Waals surface area contributed by atoms with E-state index < -0.39 is 0 Å². The summed E-state index contributed by atoms with van der Waals surface area (Å²) in [5.74, 6) is 0.694. The van der Waals surface area contributed by atoms with E-state index >= 15 is 0 Å². The summed E-state index contributed by atoms with van der Waals surface area (Å²) in [5, 5.41) is 3.28. The molecule has 2 aromatic rings. The Balaban J connectivity index is 1.39. The molecule has 0 aliphatic carbocycles. The first-order valence-corrected chi connectivity index (χ1v) is 8.84. The second-order valence-corrected chi connectivity index (χ2v) is 7.26. The molecule has 2 aliphatic heterocycles. The molecule has 0 unspecified atom stereocenters. The highest BCUT2D eigenvalue weighted by Crippen LogP contribution is 2.41. The van der Waals surface area contributed by atoms with Gasteiger partial charge in [-0.2, -0.15) is 0 Å². The van der Waals surface area contributed by atoms with E-state index in [1.54, 1.807) is 11.3 Å². The molecular weight excluding hydrogens is 294 g/mol. The molecule has 2 aromatic heterocycles. The average molecular weight is 315 g/mol. The molecule has 0 N–H and O–H groups in total. The van der Waals surface area contributed by atoms with Crippen LogP contribution in [0.15, 0.2) is 29.9 Å². The van der Waals surface area contributed by atoms with Gasteiger partial charge >= 0.3 is 0 Å². The SMILES string of the molecule is Cc1csc([C@@H]2C[C@H]3CCN(Cc4cccnc4)C[C@@H]3O2)n1. The van der Waals surface area contributed by atoms with Crippen LogP contribution in [0, 0.1) is 12.8 Å². The first-order chi connectivity index (χ1) is 10.8. The number of hydrogen-bond donors (Lipinski definition) is 0. The fraction of sp³-hybridized carbons (Fsp3) is 0.529. The predicted molar refractivity (Wildman–Crippen MR) is 86.7 cm³/mol. The van der Waals surface area contributed by atoms with Crippen molar-refractivity contribution in [3.05, 3.63) is 46.2 Å². The lowest BCUT2D eigenvalue weighted by Crippen LogP contribution is -2.41. The van der Waals surface area contributed by atoms with Gasteiger partial charge in [0.15, 0.2) is 0 Å². The number of nitrogens with zero attached hydrogens (tertiary/aromatic N) is 3. The Kier molecular flexibility index (Phi) is 3.94. The Morgan fingerprint density at radius 1 is 1.45 bits per heavy atom. The van der Waals surface area contributed by atoms with Gasteiger partial charge in [-0.3, -0.25) is 9.88 Å². The summed E-state index contributed by atoms with van der Waals surface area (Å²) < 4.78 is 6.32. The molecule has 22 heavy (non-hydrogen) atoms. The Labute approximate surface area is 135 Å². The summed E-state index contributed by atoms with van der Waals surface area (Å²) >= 11 is 1.74. The lowest BCUT2D eigenvalue weighted by Gasteiger charge is -2.33. The van der Waals surface area contributed by atoms with Gasteiger partial charge in [0.25, 0.3) is 0 Å². The number of hydrogen-bond acceptors (Lipinski definition) is 5. The molecule has 2 aliphatic rings. The number of piperidine rings is 1. The highest BCUT2D eigenvalue weighted by atomic mass is 32.1. The van der Waals surface area contributed by atoms with Gasteiger partial charge in [0.05, 0.1) is 6.10 Å². The molecule has 116 valence electrons. The molecule has 0 amide bonds. The summed E-state index contributed by atoms with van der Waals surface area (Å²) in [6.07, 6.45) is 6.73. The van der Waals surface area contributed by atoms with Crippen LogP contribution in [0.3, 0.4) is 0 Å². The van der Waals surface area contributed by atoms with Crippen molar-refractivity contribution in [3.8, 4) is 0 Å². The lowest BCUT2D eigenvalue weighted by atomic mass is 9.91. The van der Waals surface area contributed by atoms with E-state index in [9.17, 15) is 0 Å². The van der Waals surface area contributed by atoms with Crippen molar-refractivity contribution in [3.63, 3.8) is 0 Å². The van der Waals surface area contributed by atoms with Crippen LogP contribution >= 0.6 is 11.3 Å². The van der Waals surface area contributed by atoms with Crippen molar-refractivity contribution in [2.45, 2.75) is 38.5 Å². The van der Waals surface area contributed by atoms with Crippen LogP contribution in [0.2, 0.25) is 0 Å². The zero-order valence-electron chi connectivity index (χ0n) is 12.8. The van der Waals surface area contributed by atoms with Crippen LogP contribution in [-0.4, -0.2) is 34.1 Å². The van der Waals surface area contributed by atoms with E-state index in [0.29, 0.717) is 12.0 Å². The zero-order valence-corrected chi connectivity index (χ0v) is 13.6. The minimum atomic E-state index is 0.215. The van der Waals surface area contributed by atoms with Crippen LogP contribution in [0.25, 0.3) is 0 Å². The Morgan fingerprint density at radius 3 is 3.18 bits per heavy atom. The predicted octanol–water partition coefficient (Wildman–Crippen LogP) is 3.20. The second kappa shape index (κ2) is 6.07. The number of thiazole rings is 1. The van der Waals surface area contributed by atoms with Gasteiger partial charge in [0, 0.05) is 36.6 Å². The number of aromatic nitrogens is 2. The van der Waals surface area contributed by atoms with Crippen molar-refractivity contribution in [2.75, 3.05) is 13.1 Å². The monoisotopic (exact) mass is 315 g/mol. The highest BCUT2D eigenvalue weighted by Gasteiger charge is 2.40. The summed E-state index contributed by atoms with van der Waals surface area (Å²) in [5.41, 5.74) is 2.39. The van der Waals surface area contributed by atoms with Gasteiger partial charge in [-0.05, 0) is 43.9 Å². The summed E-state index contributed by atoms with van der Waals surface area (Å²) in [6, 6.07) is 4.16. The van der Waals surface area contributed by atoms with E-state index in [0.717, 1.165) is 36.8 Å². The number of aryl methyl sites for hydroxylation is 1. The number of pyridine rings is 1. The van der Waals surface area contributed by atoms with Crippen LogP contribution in [0.5, 0.6) is 0 Å². The van der Waals surface area contributed by atoms with E-state index in [1.165, 1.54) is 12.0 Å². The minimum absolute atomic E-state index is 0.215. The van der Waals surface area contributed by atoms with Crippen molar-refractivity contribution in [1.82, 2.24) is 14.9 Å². The first-order valence-electron chi connectivity index (χ1n) is 7.96.